The molecule has 0 spiro atoms. The molecule has 0 aromatic heterocycles. The molecule has 1 heterocycles. The minimum atomic E-state index is -0.837. The maximum atomic E-state index is 10.1. The third-order valence-electron chi connectivity index (χ3n) is 3.11. The van der Waals surface area contributed by atoms with Crippen LogP contribution in [0, 0.1) is 0 Å². The van der Waals surface area contributed by atoms with Crippen molar-refractivity contribution in [1.82, 2.24) is 5.32 Å². The third kappa shape index (κ3) is 2.60. The first-order valence-corrected chi connectivity index (χ1v) is 5.50. The minimum Gasteiger partial charge on any atom is -0.385 e. The topological polar surface area (TPSA) is 79.9 Å². The Morgan fingerprint density at radius 1 is 1.67 bits per heavy atom. The summed E-state index contributed by atoms with van der Waals surface area (Å²) in [6, 6.07) is 0.501. The van der Waals surface area contributed by atoms with Crippen molar-refractivity contribution in [1.29, 1.82) is 0 Å². The van der Waals surface area contributed by atoms with Crippen LogP contribution in [0.15, 0.2) is 4.99 Å². The first kappa shape index (κ1) is 10.7. The molecule has 1 saturated heterocycles. The molecule has 1 aliphatic heterocycles. The van der Waals surface area contributed by atoms with Crippen LogP contribution in [-0.2, 0) is 4.74 Å². The Morgan fingerprint density at radius 2 is 2.40 bits per heavy atom. The second-order valence-corrected chi connectivity index (χ2v) is 4.49. The number of rotatable bonds is 3. The number of hydrogen-bond acceptors (Lipinski definition) is 3. The molecule has 1 aliphatic carbocycles. The fraction of sp³-hybridized carbons (Fsp3) is 0.900. The number of nitrogens with zero attached hydrogens (tertiary/aromatic N) is 1. The van der Waals surface area contributed by atoms with E-state index < -0.39 is 5.60 Å². The number of ether oxygens (including phenoxy) is 1. The molecular weight excluding hydrogens is 194 g/mol. The monoisotopic (exact) mass is 213 g/mol. The molecule has 2 atom stereocenters. The molecule has 2 fully saturated rings. The van der Waals surface area contributed by atoms with Crippen molar-refractivity contribution < 1.29 is 9.84 Å². The second-order valence-electron chi connectivity index (χ2n) is 4.49. The van der Waals surface area contributed by atoms with Gasteiger partial charge in [-0.3, -0.25) is 4.99 Å². The normalized spacial score (nSPS) is 36.9. The lowest BCUT2D eigenvalue weighted by atomic mass is 9.97. The van der Waals surface area contributed by atoms with Crippen molar-refractivity contribution in [3.63, 3.8) is 0 Å². The van der Waals surface area contributed by atoms with Gasteiger partial charge in [0.05, 0.1) is 12.6 Å². The Kier molecular flexibility index (Phi) is 2.84. The van der Waals surface area contributed by atoms with Crippen molar-refractivity contribution in [2.75, 3.05) is 13.2 Å². The van der Waals surface area contributed by atoms with Crippen LogP contribution in [0.3, 0.4) is 0 Å². The lowest BCUT2D eigenvalue weighted by molar-refractivity contribution is -0.0201. The molecule has 0 bridgehead atoms. The summed E-state index contributed by atoms with van der Waals surface area (Å²) in [4.78, 5) is 4.16. The molecule has 1 saturated carbocycles. The quantitative estimate of drug-likeness (QED) is 0.440. The number of nitrogens with two attached hydrogens (primary N) is 1. The van der Waals surface area contributed by atoms with Crippen LogP contribution in [0.4, 0.5) is 0 Å². The fourth-order valence-corrected chi connectivity index (χ4v) is 1.68. The molecule has 5 heteroatoms. The lowest BCUT2D eigenvalue weighted by Gasteiger charge is -2.23. The Balaban J connectivity index is 1.84. The zero-order valence-corrected chi connectivity index (χ0v) is 9.07. The summed E-state index contributed by atoms with van der Waals surface area (Å²) >= 11 is 0. The predicted octanol–water partition coefficient (Wildman–Crippen LogP) is -0.407. The van der Waals surface area contributed by atoms with Gasteiger partial charge < -0.3 is 20.9 Å². The Labute approximate surface area is 89.7 Å². The van der Waals surface area contributed by atoms with Gasteiger partial charge in [-0.1, -0.05) is 0 Å². The smallest absolute Gasteiger partial charge is 0.188 e. The average Bonchev–Trinajstić information content (AvgIpc) is 2.93. The van der Waals surface area contributed by atoms with E-state index in [-0.39, 0.29) is 6.10 Å². The van der Waals surface area contributed by atoms with E-state index in [0.717, 1.165) is 0 Å². The summed E-state index contributed by atoms with van der Waals surface area (Å²) in [5.41, 5.74) is 4.85. The Hall–Kier alpha value is -0.810. The molecule has 2 rings (SSSR count). The predicted molar refractivity (Wildman–Crippen MR) is 57.6 cm³/mol. The standard InChI is InChI=1S/C10H19N3O2/c1-7-10(14,4-5-15-7)6-12-9(11)13-8-2-3-8/h7-8,14H,2-6H2,1H3,(H3,11,12,13). The largest absolute Gasteiger partial charge is 0.385 e. The highest BCUT2D eigenvalue weighted by molar-refractivity contribution is 5.78. The van der Waals surface area contributed by atoms with Crippen LogP contribution in [0.1, 0.15) is 26.2 Å². The second kappa shape index (κ2) is 3.98. The van der Waals surface area contributed by atoms with Gasteiger partial charge in [0.25, 0.3) is 0 Å². The van der Waals surface area contributed by atoms with Crippen LogP contribution in [0.2, 0.25) is 0 Å². The van der Waals surface area contributed by atoms with Crippen molar-refractivity contribution >= 4 is 5.96 Å². The average molecular weight is 213 g/mol. The van der Waals surface area contributed by atoms with E-state index in [4.69, 9.17) is 10.5 Å². The van der Waals surface area contributed by atoms with Gasteiger partial charge in [0.1, 0.15) is 5.60 Å². The van der Waals surface area contributed by atoms with Crippen molar-refractivity contribution in [2.45, 2.75) is 43.9 Å². The zero-order valence-electron chi connectivity index (χ0n) is 9.07. The summed E-state index contributed by atoms with van der Waals surface area (Å²) in [6.07, 6.45) is 2.81. The summed E-state index contributed by atoms with van der Waals surface area (Å²) in [7, 11) is 0. The number of aliphatic hydroxyl groups is 1. The van der Waals surface area contributed by atoms with E-state index in [0.29, 0.717) is 31.6 Å². The van der Waals surface area contributed by atoms with Crippen LogP contribution < -0.4 is 11.1 Å². The number of hydrogen-bond donors (Lipinski definition) is 3. The minimum absolute atomic E-state index is 0.157. The SMILES string of the molecule is CC1OCCC1(O)CN=C(N)NC1CC1. The van der Waals surface area contributed by atoms with Crippen LogP contribution in [-0.4, -0.2) is 42.0 Å². The molecule has 2 unspecified atom stereocenters. The van der Waals surface area contributed by atoms with Gasteiger partial charge in [0.15, 0.2) is 5.96 Å². The van der Waals surface area contributed by atoms with Gasteiger partial charge in [0.2, 0.25) is 0 Å². The molecule has 0 amide bonds. The first-order chi connectivity index (χ1) is 7.10. The molecule has 0 aromatic rings. The molecular formula is C10H19N3O2. The lowest BCUT2D eigenvalue weighted by Crippen LogP contribution is -2.41. The van der Waals surface area contributed by atoms with E-state index >= 15 is 0 Å². The van der Waals surface area contributed by atoms with Crippen LogP contribution in [0.5, 0.6) is 0 Å². The Bertz CT molecular complexity index is 265. The molecule has 15 heavy (non-hydrogen) atoms. The Morgan fingerprint density at radius 3 is 2.93 bits per heavy atom. The first-order valence-electron chi connectivity index (χ1n) is 5.50. The van der Waals surface area contributed by atoms with E-state index in [1.54, 1.807) is 0 Å². The summed E-state index contributed by atoms with van der Waals surface area (Å²) in [5.74, 6) is 0.435. The van der Waals surface area contributed by atoms with E-state index in [1.807, 2.05) is 6.92 Å². The maximum Gasteiger partial charge on any atom is 0.188 e. The van der Waals surface area contributed by atoms with Crippen molar-refractivity contribution in [2.24, 2.45) is 10.7 Å². The van der Waals surface area contributed by atoms with Crippen molar-refractivity contribution in [3.05, 3.63) is 0 Å². The third-order valence-corrected chi connectivity index (χ3v) is 3.11. The van der Waals surface area contributed by atoms with Gasteiger partial charge in [0, 0.05) is 19.1 Å². The number of nitrogens with one attached hydrogen (secondary N) is 1. The van der Waals surface area contributed by atoms with Crippen LogP contribution >= 0.6 is 0 Å². The highest BCUT2D eigenvalue weighted by Crippen LogP contribution is 2.25. The van der Waals surface area contributed by atoms with Gasteiger partial charge in [-0.15, -0.1) is 0 Å². The molecule has 0 aromatic carbocycles. The van der Waals surface area contributed by atoms with Gasteiger partial charge in [-0.05, 0) is 19.8 Å². The molecule has 4 N–H and O–H groups in total. The van der Waals surface area contributed by atoms with Gasteiger partial charge in [-0.2, -0.15) is 0 Å². The van der Waals surface area contributed by atoms with Crippen LogP contribution in [0.25, 0.3) is 0 Å². The van der Waals surface area contributed by atoms with E-state index in [1.165, 1.54) is 12.8 Å². The summed E-state index contributed by atoms with van der Waals surface area (Å²) < 4.78 is 5.31. The maximum absolute atomic E-state index is 10.1. The van der Waals surface area contributed by atoms with Gasteiger partial charge >= 0.3 is 0 Å². The zero-order chi connectivity index (χ0) is 10.9. The van der Waals surface area contributed by atoms with Gasteiger partial charge in [-0.25, -0.2) is 0 Å². The van der Waals surface area contributed by atoms with Crippen molar-refractivity contribution in [3.8, 4) is 0 Å². The van der Waals surface area contributed by atoms with E-state index in [9.17, 15) is 5.11 Å². The summed E-state index contributed by atoms with van der Waals surface area (Å²) in [6.45, 7) is 2.79. The highest BCUT2D eigenvalue weighted by Gasteiger charge is 2.39. The summed E-state index contributed by atoms with van der Waals surface area (Å²) in [5, 5.41) is 13.2. The number of guanidine groups is 1. The molecule has 2 aliphatic rings. The number of aliphatic imine (C=N–C) groups is 1. The molecule has 0 radical (unpaired) electrons. The highest BCUT2D eigenvalue weighted by atomic mass is 16.5. The molecule has 86 valence electrons. The van der Waals surface area contributed by atoms with E-state index in [2.05, 4.69) is 10.3 Å². The fourth-order valence-electron chi connectivity index (χ4n) is 1.68. The molecule has 5 nitrogen and oxygen atoms in total.